The molecular formula is C19H18Cl2NO2+. The second kappa shape index (κ2) is 6.98. The summed E-state index contributed by atoms with van der Waals surface area (Å²) in [6.45, 7) is 3.42. The van der Waals surface area contributed by atoms with Crippen LogP contribution in [0.4, 0.5) is 0 Å². The molecule has 1 heterocycles. The van der Waals surface area contributed by atoms with Crippen molar-refractivity contribution in [2.75, 3.05) is 7.05 Å². The van der Waals surface area contributed by atoms with Gasteiger partial charge in [0.05, 0.1) is 12.1 Å². The summed E-state index contributed by atoms with van der Waals surface area (Å²) in [5.41, 5.74) is 3.39. The zero-order valence-corrected chi connectivity index (χ0v) is 15.0. The van der Waals surface area contributed by atoms with Crippen LogP contribution in [-0.2, 0) is 13.1 Å². The summed E-state index contributed by atoms with van der Waals surface area (Å²) >= 11 is 12.2. The summed E-state index contributed by atoms with van der Waals surface area (Å²) < 4.78 is 5.31. The fourth-order valence-electron chi connectivity index (χ4n) is 2.86. The highest BCUT2D eigenvalue weighted by molar-refractivity contribution is 6.35. The fraction of sp³-hybridized carbons (Fsp3) is 0.211. The first-order chi connectivity index (χ1) is 11.4. The maximum absolute atomic E-state index is 11.8. The molecule has 0 fully saturated rings. The third-order valence-electron chi connectivity index (χ3n) is 3.99. The second-order valence-electron chi connectivity index (χ2n) is 6.14. The molecule has 0 aliphatic rings. The second-order valence-corrected chi connectivity index (χ2v) is 6.98. The molecule has 1 N–H and O–H groups in total. The van der Waals surface area contributed by atoms with Gasteiger partial charge in [-0.1, -0.05) is 41.4 Å². The molecule has 2 aromatic carbocycles. The van der Waals surface area contributed by atoms with Crippen LogP contribution in [0.1, 0.15) is 16.7 Å². The van der Waals surface area contributed by atoms with Crippen LogP contribution in [0.3, 0.4) is 0 Å². The number of hydrogen-bond donors (Lipinski definition) is 1. The number of quaternary nitrogens is 1. The lowest BCUT2D eigenvalue weighted by Crippen LogP contribution is -3.06. The molecule has 3 nitrogen and oxygen atoms in total. The first-order valence-corrected chi connectivity index (χ1v) is 8.46. The van der Waals surface area contributed by atoms with Crippen LogP contribution in [0.25, 0.3) is 11.0 Å². The molecule has 1 atom stereocenters. The van der Waals surface area contributed by atoms with Crippen LogP contribution in [0.15, 0.2) is 51.7 Å². The van der Waals surface area contributed by atoms with Gasteiger partial charge >= 0.3 is 5.63 Å². The van der Waals surface area contributed by atoms with Gasteiger partial charge in [0.2, 0.25) is 0 Å². The Morgan fingerprint density at radius 2 is 1.75 bits per heavy atom. The molecule has 5 heteroatoms. The van der Waals surface area contributed by atoms with E-state index in [2.05, 4.69) is 7.05 Å². The first-order valence-electron chi connectivity index (χ1n) is 7.71. The van der Waals surface area contributed by atoms with Crippen molar-refractivity contribution in [3.63, 3.8) is 0 Å². The van der Waals surface area contributed by atoms with E-state index in [-0.39, 0.29) is 5.63 Å². The maximum Gasteiger partial charge on any atom is 0.336 e. The Labute approximate surface area is 150 Å². The molecular weight excluding hydrogens is 345 g/mol. The van der Waals surface area contributed by atoms with Gasteiger partial charge in [-0.2, -0.15) is 0 Å². The van der Waals surface area contributed by atoms with Crippen LogP contribution in [-0.4, -0.2) is 7.05 Å². The number of fused-ring (bicyclic) bond motifs is 1. The van der Waals surface area contributed by atoms with E-state index in [0.29, 0.717) is 22.2 Å². The van der Waals surface area contributed by atoms with Gasteiger partial charge in [0.1, 0.15) is 18.7 Å². The lowest BCUT2D eigenvalue weighted by atomic mass is 10.1. The maximum atomic E-state index is 11.8. The Morgan fingerprint density at radius 3 is 2.50 bits per heavy atom. The van der Waals surface area contributed by atoms with Crippen molar-refractivity contribution >= 4 is 34.2 Å². The van der Waals surface area contributed by atoms with Crippen LogP contribution in [0, 0.1) is 6.92 Å². The Bertz CT molecular complexity index is 950. The molecule has 24 heavy (non-hydrogen) atoms. The van der Waals surface area contributed by atoms with Gasteiger partial charge in [-0.15, -0.1) is 0 Å². The number of hydrogen-bond acceptors (Lipinski definition) is 2. The molecule has 1 aromatic heterocycles. The number of benzene rings is 2. The number of aryl methyl sites for hydroxylation is 1. The minimum Gasteiger partial charge on any atom is -0.423 e. The van der Waals surface area contributed by atoms with E-state index in [4.69, 9.17) is 27.6 Å². The highest BCUT2D eigenvalue weighted by Crippen LogP contribution is 2.21. The Morgan fingerprint density at radius 1 is 1.00 bits per heavy atom. The summed E-state index contributed by atoms with van der Waals surface area (Å²) in [5, 5.41) is 2.26. The van der Waals surface area contributed by atoms with E-state index in [0.717, 1.165) is 28.6 Å². The molecule has 0 aliphatic carbocycles. The molecule has 0 bridgehead atoms. The lowest BCUT2D eigenvalue weighted by Gasteiger charge is -2.16. The molecule has 0 saturated heterocycles. The predicted molar refractivity (Wildman–Crippen MR) is 98.0 cm³/mol. The quantitative estimate of drug-likeness (QED) is 0.719. The SMILES string of the molecule is Cc1ccc2c(C[NH+](C)Cc3ccc(Cl)cc3Cl)cc(=O)oc2c1. The van der Waals surface area contributed by atoms with E-state index in [1.807, 2.05) is 37.3 Å². The predicted octanol–water partition coefficient (Wildman–Crippen LogP) is 3.62. The van der Waals surface area contributed by atoms with Crippen molar-refractivity contribution in [1.29, 1.82) is 0 Å². The van der Waals surface area contributed by atoms with E-state index >= 15 is 0 Å². The van der Waals surface area contributed by atoms with E-state index in [1.165, 1.54) is 4.90 Å². The van der Waals surface area contributed by atoms with Gasteiger partial charge in [0, 0.05) is 27.6 Å². The molecule has 0 radical (unpaired) electrons. The zero-order valence-electron chi connectivity index (χ0n) is 13.5. The number of halogens is 2. The van der Waals surface area contributed by atoms with Crippen LogP contribution >= 0.6 is 23.2 Å². The molecule has 3 rings (SSSR count). The fourth-order valence-corrected chi connectivity index (χ4v) is 3.34. The summed E-state index contributed by atoms with van der Waals surface area (Å²) in [6.07, 6.45) is 0. The van der Waals surface area contributed by atoms with Gasteiger partial charge in [0.25, 0.3) is 0 Å². The third kappa shape index (κ3) is 3.81. The summed E-state index contributed by atoms with van der Waals surface area (Å²) in [4.78, 5) is 13.0. The van der Waals surface area contributed by atoms with E-state index in [9.17, 15) is 4.79 Å². The van der Waals surface area contributed by atoms with Crippen molar-refractivity contribution in [1.82, 2.24) is 0 Å². The Kier molecular flexibility index (Phi) is 4.95. The summed E-state index contributed by atoms with van der Waals surface area (Å²) in [7, 11) is 2.07. The van der Waals surface area contributed by atoms with Crippen LogP contribution in [0.5, 0.6) is 0 Å². The average molecular weight is 363 g/mol. The highest BCUT2D eigenvalue weighted by atomic mass is 35.5. The minimum atomic E-state index is -0.319. The van der Waals surface area contributed by atoms with Crippen molar-refractivity contribution in [3.8, 4) is 0 Å². The van der Waals surface area contributed by atoms with E-state index < -0.39 is 0 Å². The molecule has 1 unspecified atom stereocenters. The first kappa shape index (κ1) is 17.0. The topological polar surface area (TPSA) is 34.7 Å². The van der Waals surface area contributed by atoms with Crippen molar-refractivity contribution < 1.29 is 9.32 Å². The van der Waals surface area contributed by atoms with Crippen molar-refractivity contribution in [2.45, 2.75) is 20.0 Å². The monoisotopic (exact) mass is 362 g/mol. The minimum absolute atomic E-state index is 0.319. The third-order valence-corrected chi connectivity index (χ3v) is 4.57. The van der Waals surface area contributed by atoms with Crippen LogP contribution in [0.2, 0.25) is 10.0 Å². The average Bonchev–Trinajstić information content (AvgIpc) is 2.49. The van der Waals surface area contributed by atoms with Gasteiger partial charge < -0.3 is 9.32 Å². The standard InChI is InChI=1S/C19H17Cl2NO2/c1-12-3-6-16-14(8-19(23)24-18(16)7-12)11-22(2)10-13-4-5-15(20)9-17(13)21/h3-9H,10-11H2,1-2H3/p+1. The summed E-state index contributed by atoms with van der Waals surface area (Å²) in [6, 6.07) is 13.0. The normalized spacial score (nSPS) is 12.5. The number of rotatable bonds is 4. The molecule has 124 valence electrons. The lowest BCUT2D eigenvalue weighted by molar-refractivity contribution is -0.907. The molecule has 3 aromatic rings. The summed E-state index contributed by atoms with van der Waals surface area (Å²) in [5.74, 6) is 0. The Balaban J connectivity index is 1.87. The molecule has 0 saturated carbocycles. The van der Waals surface area contributed by atoms with E-state index in [1.54, 1.807) is 12.1 Å². The smallest absolute Gasteiger partial charge is 0.336 e. The molecule has 0 amide bonds. The Hall–Kier alpha value is -1.81. The van der Waals surface area contributed by atoms with Crippen molar-refractivity contribution in [2.24, 2.45) is 0 Å². The van der Waals surface area contributed by atoms with Gasteiger partial charge in [0.15, 0.2) is 0 Å². The van der Waals surface area contributed by atoms with Gasteiger partial charge in [-0.3, -0.25) is 0 Å². The largest absolute Gasteiger partial charge is 0.423 e. The van der Waals surface area contributed by atoms with Crippen LogP contribution < -0.4 is 10.5 Å². The van der Waals surface area contributed by atoms with Gasteiger partial charge in [-0.25, -0.2) is 4.79 Å². The molecule has 0 spiro atoms. The molecule has 0 aliphatic heterocycles. The van der Waals surface area contributed by atoms with Crippen molar-refractivity contribution in [3.05, 3.63) is 79.6 Å². The highest BCUT2D eigenvalue weighted by Gasteiger charge is 2.13. The number of nitrogens with one attached hydrogen (secondary N) is 1. The zero-order chi connectivity index (χ0) is 17.3. The van der Waals surface area contributed by atoms with Gasteiger partial charge in [-0.05, 0) is 30.7 Å².